The molecule has 5 rings (SSSR count). The lowest BCUT2D eigenvalue weighted by Gasteiger charge is -2.36. The van der Waals surface area contributed by atoms with Crippen molar-refractivity contribution in [3.8, 4) is 16.9 Å². The highest BCUT2D eigenvalue weighted by Gasteiger charge is 2.50. The summed E-state index contributed by atoms with van der Waals surface area (Å²) in [6.45, 7) is 0.465. The molecule has 2 amide bonds. The molecule has 2 atom stereocenters. The number of ether oxygens (including phenoxy) is 2. The number of nitrogens with two attached hydrogens (primary N) is 1. The summed E-state index contributed by atoms with van der Waals surface area (Å²) < 4.78 is 83.4. The van der Waals surface area contributed by atoms with Crippen LogP contribution in [0.3, 0.4) is 0 Å². The number of esters is 1. The van der Waals surface area contributed by atoms with Gasteiger partial charge in [-0.05, 0) is 67.0 Å². The van der Waals surface area contributed by atoms with Crippen LogP contribution in [0.2, 0.25) is 5.02 Å². The number of alkyl halides is 5. The molecule has 14 heteroatoms. The zero-order valence-electron chi connectivity index (χ0n) is 27.6. The van der Waals surface area contributed by atoms with Gasteiger partial charge in [0.15, 0.2) is 6.04 Å². The number of benzene rings is 3. The molecule has 1 saturated heterocycles. The fourth-order valence-electron chi connectivity index (χ4n) is 6.28. The maximum Gasteiger partial charge on any atom is 0.490 e. The second-order valence-electron chi connectivity index (χ2n) is 13.0. The number of carbonyl (C=O) groups is 3. The van der Waals surface area contributed by atoms with Crippen molar-refractivity contribution < 1.29 is 45.8 Å². The highest BCUT2D eigenvalue weighted by Crippen LogP contribution is 2.36. The first kappa shape index (κ1) is 38.0. The van der Waals surface area contributed by atoms with Crippen LogP contribution >= 0.6 is 11.6 Å². The van der Waals surface area contributed by atoms with E-state index in [0.717, 1.165) is 49.1 Å². The van der Waals surface area contributed by atoms with Gasteiger partial charge in [0.25, 0.3) is 11.8 Å². The van der Waals surface area contributed by atoms with Crippen LogP contribution in [0.15, 0.2) is 72.8 Å². The van der Waals surface area contributed by atoms with Crippen LogP contribution in [0.4, 0.5) is 22.0 Å². The summed E-state index contributed by atoms with van der Waals surface area (Å²) in [6, 6.07) is 14.0. The average molecular weight is 736 g/mol. The molecule has 3 N–H and O–H groups in total. The van der Waals surface area contributed by atoms with Crippen molar-refractivity contribution >= 4 is 29.4 Å². The van der Waals surface area contributed by atoms with E-state index in [1.165, 1.54) is 36.4 Å². The fourth-order valence-corrected chi connectivity index (χ4v) is 6.40. The highest BCUT2D eigenvalue weighted by molar-refractivity contribution is 6.30. The maximum atomic E-state index is 16.5. The van der Waals surface area contributed by atoms with E-state index in [-0.39, 0.29) is 24.7 Å². The third-order valence-corrected chi connectivity index (χ3v) is 9.53. The van der Waals surface area contributed by atoms with Gasteiger partial charge in [-0.3, -0.25) is 9.59 Å². The lowest BCUT2D eigenvalue weighted by molar-refractivity contribution is -0.206. The van der Waals surface area contributed by atoms with E-state index in [0.29, 0.717) is 47.3 Å². The lowest BCUT2D eigenvalue weighted by atomic mass is 9.90. The molecule has 0 spiro atoms. The van der Waals surface area contributed by atoms with Crippen LogP contribution in [0.5, 0.6) is 5.75 Å². The number of nitrogens with zero attached hydrogens (tertiary/aromatic N) is 1. The van der Waals surface area contributed by atoms with Crippen molar-refractivity contribution in [2.75, 3.05) is 19.7 Å². The predicted octanol–water partition coefficient (Wildman–Crippen LogP) is 7.34. The molecule has 0 unspecified atom stereocenters. The van der Waals surface area contributed by atoms with Gasteiger partial charge < -0.3 is 25.4 Å². The zero-order chi connectivity index (χ0) is 36.8. The lowest BCUT2D eigenvalue weighted by Crippen LogP contribution is -2.58. The molecule has 1 aliphatic heterocycles. The van der Waals surface area contributed by atoms with E-state index in [1.807, 2.05) is 5.32 Å². The summed E-state index contributed by atoms with van der Waals surface area (Å²) >= 11 is 5.95. The van der Waals surface area contributed by atoms with E-state index in [1.54, 1.807) is 24.3 Å². The van der Waals surface area contributed by atoms with Gasteiger partial charge in [0.05, 0.1) is 6.61 Å². The minimum atomic E-state index is -5.50. The normalized spacial score (nSPS) is 17.4. The molecule has 2 fully saturated rings. The van der Waals surface area contributed by atoms with Gasteiger partial charge in [-0.15, -0.1) is 0 Å². The summed E-state index contributed by atoms with van der Waals surface area (Å²) in [5, 5.41) is 2.44. The quantitative estimate of drug-likeness (QED) is 0.158. The second kappa shape index (κ2) is 16.4. The maximum absolute atomic E-state index is 16.5. The first-order valence-corrected chi connectivity index (χ1v) is 17.2. The Morgan fingerprint density at radius 3 is 1.96 bits per heavy atom. The molecule has 0 radical (unpaired) electrons. The molecule has 1 heterocycles. The molecule has 1 saturated carbocycles. The third kappa shape index (κ3) is 9.76. The summed E-state index contributed by atoms with van der Waals surface area (Å²) in [5.41, 5.74) is 6.29. The number of carbonyl (C=O) groups excluding carboxylic acids is 3. The Balaban J connectivity index is 1.42. The van der Waals surface area contributed by atoms with Gasteiger partial charge in [-0.1, -0.05) is 79.4 Å². The summed E-state index contributed by atoms with van der Waals surface area (Å²) in [7, 11) is 0. The molecular formula is C37H39ClF5N3O5. The Labute approximate surface area is 297 Å². The van der Waals surface area contributed by atoms with Gasteiger partial charge in [-0.2, -0.15) is 22.0 Å². The minimum Gasteiger partial charge on any atom is -0.493 e. The molecule has 0 bridgehead atoms. The molecule has 274 valence electrons. The molecule has 51 heavy (non-hydrogen) atoms. The first-order chi connectivity index (χ1) is 24.2. The molecule has 0 aromatic heterocycles. The van der Waals surface area contributed by atoms with Gasteiger partial charge in [-0.25, -0.2) is 4.79 Å². The standard InChI is InChI=1S/C37H39ClF5N3O5/c38-28-14-8-25(9-15-28)24-6-12-27(13-7-24)36(39,40)32(34(48)46-20-18-29(44)19-21-46)45-33(47)31(51-35(49)37(41,42)43)26-10-16-30(17-11-26)50-22-23-4-2-1-3-5-23/h6-17,23,29,31-32H,1-5,18-22,44H2,(H,45,47)/t31-,32+/m1/s1. The van der Waals surface area contributed by atoms with Crippen LogP contribution < -0.4 is 15.8 Å². The first-order valence-electron chi connectivity index (χ1n) is 16.8. The van der Waals surface area contributed by atoms with Crippen LogP contribution in [0.25, 0.3) is 11.1 Å². The molecule has 3 aromatic carbocycles. The van der Waals surface area contributed by atoms with Gasteiger partial charge in [0.1, 0.15) is 5.75 Å². The minimum absolute atomic E-state index is 0.0206. The number of rotatable bonds is 11. The molecule has 1 aliphatic carbocycles. The van der Waals surface area contributed by atoms with E-state index in [4.69, 9.17) is 22.1 Å². The number of hydrogen-bond donors (Lipinski definition) is 2. The monoisotopic (exact) mass is 735 g/mol. The van der Waals surface area contributed by atoms with Crippen LogP contribution in [-0.2, 0) is 25.0 Å². The topological polar surface area (TPSA) is 111 Å². The van der Waals surface area contributed by atoms with E-state index in [2.05, 4.69) is 4.74 Å². The number of halogens is 6. The van der Waals surface area contributed by atoms with Crippen molar-refractivity contribution in [2.45, 2.75) is 75.2 Å². The Morgan fingerprint density at radius 2 is 1.39 bits per heavy atom. The van der Waals surface area contributed by atoms with Gasteiger partial charge in [0, 0.05) is 35.3 Å². The largest absolute Gasteiger partial charge is 0.493 e. The molecule has 3 aromatic rings. The number of likely N-dealkylation sites (tertiary alicyclic amines) is 1. The van der Waals surface area contributed by atoms with Crippen molar-refractivity contribution in [1.82, 2.24) is 10.2 Å². The third-order valence-electron chi connectivity index (χ3n) is 9.28. The van der Waals surface area contributed by atoms with E-state index >= 15 is 8.78 Å². The summed E-state index contributed by atoms with van der Waals surface area (Å²) in [6.07, 6.45) is -1.84. The van der Waals surface area contributed by atoms with Crippen molar-refractivity contribution in [1.29, 1.82) is 0 Å². The van der Waals surface area contributed by atoms with Crippen molar-refractivity contribution in [3.05, 3.63) is 88.9 Å². The predicted molar refractivity (Wildman–Crippen MR) is 180 cm³/mol. The van der Waals surface area contributed by atoms with Crippen LogP contribution in [0, 0.1) is 5.92 Å². The highest BCUT2D eigenvalue weighted by atomic mass is 35.5. The Kier molecular flexibility index (Phi) is 12.2. The number of hydrogen-bond acceptors (Lipinski definition) is 6. The van der Waals surface area contributed by atoms with Gasteiger partial charge in [0.2, 0.25) is 6.10 Å². The zero-order valence-corrected chi connectivity index (χ0v) is 28.4. The molecule has 2 aliphatic rings. The van der Waals surface area contributed by atoms with Gasteiger partial charge >= 0.3 is 18.1 Å². The molecule has 8 nitrogen and oxygen atoms in total. The SMILES string of the molecule is NC1CCN(C(=O)[C@H](NC(=O)[C@H](OC(=O)C(F)(F)F)c2ccc(OCC3CCCCC3)cc2)C(F)(F)c2ccc(-c3ccc(Cl)cc3)cc2)CC1. The smallest absolute Gasteiger partial charge is 0.490 e. The Bertz CT molecular complexity index is 1640. The van der Waals surface area contributed by atoms with Crippen LogP contribution in [-0.4, -0.2) is 60.6 Å². The average Bonchev–Trinajstić information content (AvgIpc) is 3.12. The summed E-state index contributed by atoms with van der Waals surface area (Å²) in [4.78, 5) is 40.5. The number of amides is 2. The Hall–Kier alpha value is -4.23. The number of nitrogens with one attached hydrogen (secondary N) is 1. The fraction of sp³-hybridized carbons (Fsp3) is 0.432. The second-order valence-corrected chi connectivity index (χ2v) is 13.4. The van der Waals surface area contributed by atoms with E-state index in [9.17, 15) is 27.6 Å². The van der Waals surface area contributed by atoms with Crippen molar-refractivity contribution in [3.63, 3.8) is 0 Å². The number of piperidine rings is 1. The van der Waals surface area contributed by atoms with Crippen LogP contribution in [0.1, 0.15) is 62.2 Å². The van der Waals surface area contributed by atoms with E-state index < -0.39 is 47.6 Å². The Morgan fingerprint density at radius 1 is 0.824 bits per heavy atom. The molecular weight excluding hydrogens is 697 g/mol. The van der Waals surface area contributed by atoms with Crippen molar-refractivity contribution in [2.24, 2.45) is 11.7 Å². The summed E-state index contributed by atoms with van der Waals surface area (Å²) in [5.74, 6) is -8.79.